The highest BCUT2D eigenvalue weighted by molar-refractivity contribution is 5.92. The lowest BCUT2D eigenvalue weighted by atomic mass is 10.00. The first-order chi connectivity index (χ1) is 9.04. The molecule has 4 nitrogen and oxygen atoms in total. The molecular weight excluding hydrogens is 240 g/mol. The van der Waals surface area contributed by atoms with Crippen molar-refractivity contribution >= 4 is 16.7 Å². The summed E-state index contributed by atoms with van der Waals surface area (Å²) in [4.78, 5) is 4.71. The fraction of sp³-hybridized carbons (Fsp3) is 0.400. The summed E-state index contributed by atoms with van der Waals surface area (Å²) < 4.78 is 10.8. The number of rotatable bonds is 2. The predicted octanol–water partition coefficient (Wildman–Crippen LogP) is 3.00. The lowest BCUT2D eigenvalue weighted by molar-refractivity contribution is 0.410. The number of hydrogen-bond acceptors (Lipinski definition) is 4. The van der Waals surface area contributed by atoms with Gasteiger partial charge in [-0.05, 0) is 44.0 Å². The number of anilines is 1. The Morgan fingerprint density at radius 1 is 1.16 bits per heavy atom. The van der Waals surface area contributed by atoms with E-state index in [1.807, 2.05) is 12.1 Å². The molecule has 0 atom stereocenters. The Balaban J connectivity index is 2.28. The number of pyridine rings is 1. The molecule has 0 spiro atoms. The summed E-state index contributed by atoms with van der Waals surface area (Å²) in [5, 5.41) is 4.45. The molecule has 1 aliphatic heterocycles. The normalized spacial score (nSPS) is 16.0. The molecular formula is C15H18N2O2. The van der Waals surface area contributed by atoms with E-state index in [1.54, 1.807) is 14.2 Å². The number of methoxy groups -OCH3 is 2. The van der Waals surface area contributed by atoms with E-state index in [0.717, 1.165) is 34.6 Å². The van der Waals surface area contributed by atoms with Crippen molar-refractivity contribution in [2.75, 3.05) is 19.5 Å². The summed E-state index contributed by atoms with van der Waals surface area (Å²) in [7, 11) is 3.34. The van der Waals surface area contributed by atoms with E-state index >= 15 is 0 Å². The second-order valence-corrected chi connectivity index (χ2v) is 5.55. The van der Waals surface area contributed by atoms with Gasteiger partial charge in [-0.25, -0.2) is 4.98 Å². The highest BCUT2D eigenvalue weighted by Crippen LogP contribution is 2.38. The maximum absolute atomic E-state index is 5.42. The van der Waals surface area contributed by atoms with Crippen LogP contribution in [0, 0.1) is 0 Å². The van der Waals surface area contributed by atoms with Gasteiger partial charge in [-0.3, -0.25) is 0 Å². The lowest BCUT2D eigenvalue weighted by Crippen LogP contribution is -2.27. The predicted molar refractivity (Wildman–Crippen MR) is 76.3 cm³/mol. The Labute approximate surface area is 112 Å². The number of benzene rings is 1. The second kappa shape index (κ2) is 4.02. The summed E-state index contributed by atoms with van der Waals surface area (Å²) in [6.45, 7) is 4.35. The van der Waals surface area contributed by atoms with E-state index in [-0.39, 0.29) is 5.54 Å². The Hall–Kier alpha value is -1.97. The van der Waals surface area contributed by atoms with Gasteiger partial charge >= 0.3 is 0 Å². The molecule has 1 N–H and O–H groups in total. The minimum absolute atomic E-state index is 0.0488. The first-order valence-electron chi connectivity index (χ1n) is 6.37. The van der Waals surface area contributed by atoms with E-state index in [2.05, 4.69) is 25.2 Å². The van der Waals surface area contributed by atoms with Crippen LogP contribution >= 0.6 is 0 Å². The van der Waals surface area contributed by atoms with Crippen LogP contribution in [0.4, 0.5) is 5.82 Å². The quantitative estimate of drug-likeness (QED) is 0.899. The van der Waals surface area contributed by atoms with Gasteiger partial charge in [0.2, 0.25) is 0 Å². The lowest BCUT2D eigenvalue weighted by Gasteiger charge is -2.17. The van der Waals surface area contributed by atoms with Gasteiger partial charge in [0.25, 0.3) is 0 Å². The van der Waals surface area contributed by atoms with Gasteiger partial charge in [-0.1, -0.05) is 0 Å². The molecule has 2 heterocycles. The summed E-state index contributed by atoms with van der Waals surface area (Å²) in [6.07, 6.45) is 0.964. The van der Waals surface area contributed by atoms with Crippen LogP contribution in [0.1, 0.15) is 19.4 Å². The van der Waals surface area contributed by atoms with E-state index in [0.29, 0.717) is 0 Å². The van der Waals surface area contributed by atoms with Crippen molar-refractivity contribution in [1.29, 1.82) is 0 Å². The third kappa shape index (κ3) is 1.87. The van der Waals surface area contributed by atoms with Crippen LogP contribution in [0.3, 0.4) is 0 Å². The molecule has 1 aromatic carbocycles. The van der Waals surface area contributed by atoms with Gasteiger partial charge in [-0.15, -0.1) is 0 Å². The molecule has 1 aromatic heterocycles. The molecule has 1 aliphatic rings. The number of aromatic nitrogens is 1. The molecule has 0 bridgehead atoms. The number of ether oxygens (including phenoxy) is 2. The van der Waals surface area contributed by atoms with E-state index in [9.17, 15) is 0 Å². The van der Waals surface area contributed by atoms with Crippen LogP contribution in [0.5, 0.6) is 11.5 Å². The van der Waals surface area contributed by atoms with Gasteiger partial charge in [0, 0.05) is 10.9 Å². The summed E-state index contributed by atoms with van der Waals surface area (Å²) >= 11 is 0. The van der Waals surface area contributed by atoms with Crippen LogP contribution in [0.25, 0.3) is 10.9 Å². The fourth-order valence-corrected chi connectivity index (χ4v) is 2.68. The van der Waals surface area contributed by atoms with Gasteiger partial charge in [0.15, 0.2) is 0 Å². The molecule has 4 heteroatoms. The van der Waals surface area contributed by atoms with Crippen molar-refractivity contribution < 1.29 is 9.47 Å². The van der Waals surface area contributed by atoms with Crippen molar-refractivity contribution in [2.45, 2.75) is 25.8 Å². The van der Waals surface area contributed by atoms with E-state index in [1.165, 1.54) is 5.56 Å². The minimum atomic E-state index is 0.0488. The summed E-state index contributed by atoms with van der Waals surface area (Å²) in [6, 6.07) is 5.96. The van der Waals surface area contributed by atoms with Crippen LogP contribution in [-0.4, -0.2) is 24.7 Å². The van der Waals surface area contributed by atoms with Crippen molar-refractivity contribution in [2.24, 2.45) is 0 Å². The second-order valence-electron chi connectivity index (χ2n) is 5.55. The highest BCUT2D eigenvalue weighted by atomic mass is 16.5. The van der Waals surface area contributed by atoms with E-state index in [4.69, 9.17) is 14.5 Å². The first kappa shape index (κ1) is 12.1. The fourth-order valence-electron chi connectivity index (χ4n) is 2.68. The average molecular weight is 258 g/mol. The van der Waals surface area contributed by atoms with Crippen LogP contribution in [0.15, 0.2) is 18.2 Å². The molecule has 0 radical (unpaired) electrons. The zero-order valence-corrected chi connectivity index (χ0v) is 11.7. The highest BCUT2D eigenvalue weighted by Gasteiger charge is 2.29. The van der Waals surface area contributed by atoms with Crippen molar-refractivity contribution in [3.63, 3.8) is 0 Å². The largest absolute Gasteiger partial charge is 0.496 e. The number of hydrogen-bond donors (Lipinski definition) is 1. The zero-order chi connectivity index (χ0) is 13.6. The Morgan fingerprint density at radius 3 is 2.53 bits per heavy atom. The average Bonchev–Trinajstić information content (AvgIpc) is 2.67. The summed E-state index contributed by atoms with van der Waals surface area (Å²) in [5.74, 6) is 2.55. The van der Waals surface area contributed by atoms with Gasteiger partial charge < -0.3 is 14.8 Å². The molecule has 0 aliphatic carbocycles. The maximum Gasteiger partial charge on any atom is 0.145 e. The minimum Gasteiger partial charge on any atom is -0.496 e. The molecule has 2 aromatic rings. The molecule has 0 unspecified atom stereocenters. The van der Waals surface area contributed by atoms with Crippen molar-refractivity contribution in [1.82, 2.24) is 4.98 Å². The Kier molecular flexibility index (Phi) is 2.55. The van der Waals surface area contributed by atoms with Crippen LogP contribution in [0.2, 0.25) is 0 Å². The molecule has 19 heavy (non-hydrogen) atoms. The standard InChI is InChI=1S/C15H18N2O2/c1-15(2)8-9-7-10-11(18-3)5-6-12(19-4)13(10)16-14(9)17-15/h5-7H,8H2,1-4H3,(H,16,17). The smallest absolute Gasteiger partial charge is 0.145 e. The van der Waals surface area contributed by atoms with Gasteiger partial charge in [-0.2, -0.15) is 0 Å². The molecule has 3 rings (SSSR count). The van der Waals surface area contributed by atoms with Gasteiger partial charge in [0.1, 0.15) is 22.8 Å². The van der Waals surface area contributed by atoms with Crippen LogP contribution < -0.4 is 14.8 Å². The number of fused-ring (bicyclic) bond motifs is 2. The monoisotopic (exact) mass is 258 g/mol. The zero-order valence-electron chi connectivity index (χ0n) is 11.7. The topological polar surface area (TPSA) is 43.4 Å². The third-order valence-corrected chi connectivity index (χ3v) is 3.52. The molecule has 0 saturated heterocycles. The Morgan fingerprint density at radius 2 is 1.84 bits per heavy atom. The number of nitrogens with zero attached hydrogens (tertiary/aromatic N) is 1. The molecule has 100 valence electrons. The van der Waals surface area contributed by atoms with Crippen LogP contribution in [-0.2, 0) is 6.42 Å². The van der Waals surface area contributed by atoms with E-state index < -0.39 is 0 Å². The first-order valence-corrected chi connectivity index (χ1v) is 6.37. The SMILES string of the molecule is COc1ccc(OC)c2nc3c(cc12)CC(C)(C)N3. The maximum atomic E-state index is 5.42. The van der Waals surface area contributed by atoms with Crippen molar-refractivity contribution in [3.05, 3.63) is 23.8 Å². The van der Waals surface area contributed by atoms with Crippen molar-refractivity contribution in [3.8, 4) is 11.5 Å². The molecule has 0 amide bonds. The third-order valence-electron chi connectivity index (χ3n) is 3.52. The summed E-state index contributed by atoms with van der Waals surface area (Å²) in [5.41, 5.74) is 2.11. The Bertz CT molecular complexity index is 596. The number of nitrogens with one attached hydrogen (secondary N) is 1. The van der Waals surface area contributed by atoms with Gasteiger partial charge in [0.05, 0.1) is 14.2 Å². The molecule has 0 saturated carbocycles. The molecule has 0 fully saturated rings.